The van der Waals surface area contributed by atoms with E-state index >= 15 is 0 Å². The zero-order valence-corrected chi connectivity index (χ0v) is 22.3. The summed E-state index contributed by atoms with van der Waals surface area (Å²) in [6.45, 7) is 9.99. The fourth-order valence-electron chi connectivity index (χ4n) is 10.3. The maximum atomic E-state index is 12.4. The molecule has 2 unspecified atom stereocenters. The van der Waals surface area contributed by atoms with Gasteiger partial charge in [-0.1, -0.05) is 26.0 Å². The molecule has 0 spiro atoms. The van der Waals surface area contributed by atoms with Crippen molar-refractivity contribution < 1.29 is 34.0 Å². The molecule has 2 N–H and O–H groups in total. The van der Waals surface area contributed by atoms with Crippen LogP contribution in [0.25, 0.3) is 0 Å². The van der Waals surface area contributed by atoms with Gasteiger partial charge in [0.15, 0.2) is 0 Å². The molecule has 4 aliphatic carbocycles. The summed E-state index contributed by atoms with van der Waals surface area (Å²) in [7, 11) is 0. The molecule has 0 bridgehead atoms. The molecule has 7 aliphatic rings. The smallest absolute Gasteiger partial charge is 0.333 e. The Kier molecular flexibility index (Phi) is 4.54. The highest BCUT2D eigenvalue weighted by molar-refractivity contribution is 5.89. The molecule has 37 heavy (non-hydrogen) atoms. The molecular formula is C30H38O7. The predicted octanol–water partition coefficient (Wildman–Crippen LogP) is 3.39. The second kappa shape index (κ2) is 6.97. The lowest BCUT2D eigenvalue weighted by atomic mass is 9.49. The minimum atomic E-state index is -1.07. The van der Waals surface area contributed by atoms with Crippen LogP contribution in [-0.2, 0) is 23.8 Å². The summed E-state index contributed by atoms with van der Waals surface area (Å²) >= 11 is 0. The van der Waals surface area contributed by atoms with E-state index in [1.807, 2.05) is 32.1 Å². The van der Waals surface area contributed by atoms with Crippen LogP contribution in [0.5, 0.6) is 0 Å². The second-order valence-corrected chi connectivity index (χ2v) is 13.8. The largest absolute Gasteiger partial charge is 0.458 e. The lowest BCUT2D eigenvalue weighted by Crippen LogP contribution is -2.63. The molecule has 0 amide bonds. The van der Waals surface area contributed by atoms with Gasteiger partial charge in [-0.15, -0.1) is 0 Å². The fraction of sp³-hybridized carbons (Fsp3) is 0.733. The number of allylic oxidation sites excluding steroid dienone is 1. The molecule has 0 radical (unpaired) electrons. The average Bonchev–Trinajstić information content (AvgIpc) is 3.49. The van der Waals surface area contributed by atoms with E-state index in [1.165, 1.54) is 6.08 Å². The number of ether oxygens (including phenoxy) is 3. The summed E-state index contributed by atoms with van der Waals surface area (Å²) in [5.41, 5.74) is -1.79. The molecule has 1 saturated heterocycles. The summed E-state index contributed by atoms with van der Waals surface area (Å²) in [4.78, 5) is 24.6. The third kappa shape index (κ3) is 2.78. The van der Waals surface area contributed by atoms with Crippen LogP contribution in [0.3, 0.4) is 0 Å². The third-order valence-electron chi connectivity index (χ3n) is 11.7. The summed E-state index contributed by atoms with van der Waals surface area (Å²) in [5.74, 6) is -0.740. The average molecular weight is 511 g/mol. The number of hydrogen-bond acceptors (Lipinski definition) is 7. The van der Waals surface area contributed by atoms with Crippen molar-refractivity contribution in [2.45, 2.75) is 101 Å². The van der Waals surface area contributed by atoms with E-state index in [0.717, 1.165) is 18.4 Å². The van der Waals surface area contributed by atoms with E-state index < -0.39 is 28.5 Å². The highest BCUT2D eigenvalue weighted by atomic mass is 16.7. The van der Waals surface area contributed by atoms with E-state index in [0.29, 0.717) is 24.8 Å². The van der Waals surface area contributed by atoms with Crippen molar-refractivity contribution in [1.29, 1.82) is 0 Å². The number of hydrogen-bond donors (Lipinski definition) is 2. The molecular weight excluding hydrogens is 472 g/mol. The van der Waals surface area contributed by atoms with Crippen LogP contribution in [0, 0.1) is 35.0 Å². The first kappa shape index (κ1) is 24.1. The van der Waals surface area contributed by atoms with Crippen molar-refractivity contribution >= 4 is 11.9 Å². The van der Waals surface area contributed by atoms with E-state index in [1.54, 1.807) is 6.92 Å². The molecule has 3 aliphatic heterocycles. The lowest BCUT2D eigenvalue weighted by Gasteiger charge is -2.53. The molecule has 7 heteroatoms. The number of fused-ring (bicyclic) bond motifs is 5. The van der Waals surface area contributed by atoms with Crippen molar-refractivity contribution in [2.24, 2.45) is 35.0 Å². The van der Waals surface area contributed by atoms with Gasteiger partial charge in [0, 0.05) is 29.4 Å². The predicted molar refractivity (Wildman–Crippen MR) is 133 cm³/mol. The van der Waals surface area contributed by atoms with Gasteiger partial charge in [0.25, 0.3) is 0 Å². The zero-order valence-electron chi connectivity index (χ0n) is 22.3. The van der Waals surface area contributed by atoms with Crippen molar-refractivity contribution in [1.82, 2.24) is 0 Å². The molecule has 0 aromatic rings. The molecule has 0 aromatic heterocycles. The number of cyclic esters (lactones) is 1. The number of epoxide rings is 1. The Hall–Kier alpha value is -1.96. The maximum absolute atomic E-state index is 12.4. The Morgan fingerprint density at radius 1 is 1.03 bits per heavy atom. The molecule has 0 aromatic carbocycles. The summed E-state index contributed by atoms with van der Waals surface area (Å²) in [6.07, 6.45) is 9.68. The second-order valence-electron chi connectivity index (χ2n) is 13.8. The molecule has 200 valence electrons. The van der Waals surface area contributed by atoms with Gasteiger partial charge in [-0.2, -0.15) is 0 Å². The van der Waals surface area contributed by atoms with Gasteiger partial charge in [0.05, 0.1) is 11.7 Å². The first-order valence-corrected chi connectivity index (χ1v) is 13.9. The standard InChI is InChI=1S/C30H38O7/c1-15-10-18-12-29-21-13-28(34)11-17-6-9-23(32)36-26(3,4)19(17)7-8-20(28)27(21,5)14-22(31)30(29,37-29)16(2)24(18)35-25(15)33/h6,9-11,16,18-22,24,31,34H,7-8,12-14H2,1-5H3/t16-,18-,19-,20+,21-,22-,24+,27+,28-,29?,30?/m1/s1. The lowest BCUT2D eigenvalue weighted by molar-refractivity contribution is -0.161. The van der Waals surface area contributed by atoms with E-state index in [4.69, 9.17) is 14.2 Å². The van der Waals surface area contributed by atoms with E-state index in [2.05, 4.69) is 13.8 Å². The van der Waals surface area contributed by atoms with Crippen molar-refractivity contribution in [3.63, 3.8) is 0 Å². The van der Waals surface area contributed by atoms with Crippen LogP contribution >= 0.6 is 0 Å². The highest BCUT2D eigenvalue weighted by Gasteiger charge is 2.88. The summed E-state index contributed by atoms with van der Waals surface area (Å²) in [5, 5.41) is 24.1. The first-order chi connectivity index (χ1) is 17.3. The Morgan fingerprint density at radius 2 is 1.78 bits per heavy atom. The molecule has 7 rings (SSSR count). The Bertz CT molecular complexity index is 1200. The normalized spacial score (nSPS) is 54.8. The zero-order chi connectivity index (χ0) is 26.3. The van der Waals surface area contributed by atoms with Gasteiger partial charge < -0.3 is 24.4 Å². The SMILES string of the molecule is CC1=C[C@@H]2CC34OC3([C@H](O)C[C@]3(C)[C@H]4C[C@]4(O)C=C5C=CC(=O)OC(C)(C)[C@@H]5CC[C@@H]34)[C@H](C)[C@@H]2OC1=O. The van der Waals surface area contributed by atoms with Crippen LogP contribution in [-0.4, -0.2) is 56.8 Å². The summed E-state index contributed by atoms with van der Waals surface area (Å²) in [6, 6.07) is 0. The Morgan fingerprint density at radius 3 is 2.54 bits per heavy atom. The number of rotatable bonds is 0. The maximum Gasteiger partial charge on any atom is 0.333 e. The van der Waals surface area contributed by atoms with E-state index in [-0.39, 0.29) is 53.0 Å². The van der Waals surface area contributed by atoms with Gasteiger partial charge >= 0.3 is 11.9 Å². The fourth-order valence-corrected chi connectivity index (χ4v) is 10.3. The van der Waals surface area contributed by atoms with Crippen LogP contribution < -0.4 is 0 Å². The van der Waals surface area contributed by atoms with Crippen molar-refractivity contribution in [3.05, 3.63) is 35.5 Å². The topological polar surface area (TPSA) is 106 Å². The monoisotopic (exact) mass is 510 g/mol. The molecule has 4 fully saturated rings. The number of esters is 2. The van der Waals surface area contributed by atoms with Crippen LogP contribution in [0.2, 0.25) is 0 Å². The van der Waals surface area contributed by atoms with Crippen molar-refractivity contribution in [3.8, 4) is 0 Å². The third-order valence-corrected chi connectivity index (χ3v) is 11.7. The number of aliphatic hydroxyl groups is 2. The molecule has 3 heterocycles. The van der Waals surface area contributed by atoms with E-state index in [9.17, 15) is 19.8 Å². The minimum absolute atomic E-state index is 0.00434. The molecule has 7 nitrogen and oxygen atoms in total. The van der Waals surface area contributed by atoms with Crippen LogP contribution in [0.15, 0.2) is 35.5 Å². The molecule has 11 atom stereocenters. The van der Waals surface area contributed by atoms with Crippen LogP contribution in [0.1, 0.15) is 66.7 Å². The number of aliphatic hydroxyl groups excluding tert-OH is 1. The minimum Gasteiger partial charge on any atom is -0.458 e. The highest BCUT2D eigenvalue weighted by Crippen LogP contribution is 2.78. The Balaban J connectivity index is 1.31. The summed E-state index contributed by atoms with van der Waals surface area (Å²) < 4.78 is 18.4. The van der Waals surface area contributed by atoms with Crippen molar-refractivity contribution in [2.75, 3.05) is 0 Å². The van der Waals surface area contributed by atoms with Gasteiger partial charge in [0.2, 0.25) is 0 Å². The quantitative estimate of drug-likeness (QED) is 0.380. The van der Waals surface area contributed by atoms with Crippen LogP contribution in [0.4, 0.5) is 0 Å². The first-order valence-electron chi connectivity index (χ1n) is 13.9. The Labute approximate surface area is 217 Å². The van der Waals surface area contributed by atoms with Gasteiger partial charge in [0.1, 0.15) is 22.9 Å². The van der Waals surface area contributed by atoms with Gasteiger partial charge in [-0.3, -0.25) is 0 Å². The molecule has 3 saturated carbocycles. The van der Waals surface area contributed by atoms with Gasteiger partial charge in [-0.05, 0) is 81.8 Å². The number of carbonyl (C=O) groups excluding carboxylic acids is 2. The number of carbonyl (C=O) groups is 2. The van der Waals surface area contributed by atoms with Gasteiger partial charge in [-0.25, -0.2) is 9.59 Å².